The fourth-order valence-electron chi connectivity index (χ4n) is 5.40. The summed E-state index contributed by atoms with van der Waals surface area (Å²) in [7, 11) is 3.83. The number of carbonyl (C=O) groups is 5. The number of nitrogens with one attached hydrogen (secondary N) is 2. The lowest BCUT2D eigenvalue weighted by atomic mass is 10.0. The maximum absolute atomic E-state index is 13.7. The second-order valence-corrected chi connectivity index (χ2v) is 10.9. The van der Waals surface area contributed by atoms with Crippen LogP contribution < -0.4 is 15.5 Å². The molecule has 0 radical (unpaired) electrons. The Hall–Kier alpha value is -3.43. The zero-order valence-electron chi connectivity index (χ0n) is 23.3. The molecule has 2 saturated heterocycles. The molecular formula is C28H41N5O5. The van der Waals surface area contributed by atoms with E-state index in [2.05, 4.69) is 10.6 Å². The lowest BCUT2D eigenvalue weighted by Gasteiger charge is -2.30. The zero-order chi connectivity index (χ0) is 28.1. The van der Waals surface area contributed by atoms with Crippen molar-refractivity contribution in [1.82, 2.24) is 20.4 Å². The first kappa shape index (κ1) is 29.1. The highest BCUT2D eigenvalue weighted by Crippen LogP contribution is 2.31. The van der Waals surface area contributed by atoms with Crippen LogP contribution in [0, 0.1) is 5.92 Å². The van der Waals surface area contributed by atoms with E-state index >= 15 is 0 Å². The topological polar surface area (TPSA) is 119 Å². The van der Waals surface area contributed by atoms with Crippen LogP contribution in [-0.2, 0) is 19.2 Å². The number of ketones is 1. The molecule has 38 heavy (non-hydrogen) atoms. The number of anilines is 1. The fourth-order valence-corrected chi connectivity index (χ4v) is 5.40. The van der Waals surface area contributed by atoms with Crippen LogP contribution in [0.15, 0.2) is 24.3 Å². The van der Waals surface area contributed by atoms with Gasteiger partial charge in [-0.2, -0.15) is 0 Å². The fraction of sp³-hybridized carbons (Fsp3) is 0.607. The molecule has 1 unspecified atom stereocenters. The molecule has 2 aliphatic heterocycles. The predicted octanol–water partition coefficient (Wildman–Crippen LogP) is 1.58. The molecule has 0 aliphatic carbocycles. The Balaban J connectivity index is 1.76. The zero-order valence-corrected chi connectivity index (χ0v) is 23.3. The van der Waals surface area contributed by atoms with Crippen LogP contribution in [0.3, 0.4) is 0 Å². The maximum atomic E-state index is 13.7. The van der Waals surface area contributed by atoms with Crippen molar-refractivity contribution < 1.29 is 24.0 Å². The van der Waals surface area contributed by atoms with E-state index in [0.29, 0.717) is 37.8 Å². The van der Waals surface area contributed by atoms with Gasteiger partial charge in [-0.05, 0) is 49.4 Å². The number of likely N-dealkylation sites (tertiary alicyclic amines) is 2. The van der Waals surface area contributed by atoms with Crippen molar-refractivity contribution in [3.05, 3.63) is 29.8 Å². The number of hydrogen-bond acceptors (Lipinski definition) is 6. The van der Waals surface area contributed by atoms with Gasteiger partial charge in [0.15, 0.2) is 5.78 Å². The third-order valence-electron chi connectivity index (χ3n) is 7.20. The highest BCUT2D eigenvalue weighted by atomic mass is 16.2. The molecule has 0 spiro atoms. The molecule has 4 amide bonds. The van der Waals surface area contributed by atoms with Crippen molar-refractivity contribution >= 4 is 35.1 Å². The van der Waals surface area contributed by atoms with Gasteiger partial charge in [0.05, 0.1) is 12.6 Å². The van der Waals surface area contributed by atoms with Gasteiger partial charge >= 0.3 is 0 Å². The van der Waals surface area contributed by atoms with Gasteiger partial charge in [-0.25, -0.2) is 0 Å². The van der Waals surface area contributed by atoms with Gasteiger partial charge in [0.25, 0.3) is 5.91 Å². The summed E-state index contributed by atoms with van der Waals surface area (Å²) < 4.78 is 0. The van der Waals surface area contributed by atoms with E-state index in [4.69, 9.17) is 0 Å². The summed E-state index contributed by atoms with van der Waals surface area (Å²) >= 11 is 0. The molecule has 3 rings (SSSR count). The summed E-state index contributed by atoms with van der Waals surface area (Å²) in [4.78, 5) is 69.8. The summed E-state index contributed by atoms with van der Waals surface area (Å²) in [5, 5.41) is 5.59. The lowest BCUT2D eigenvalue weighted by Crippen LogP contribution is -2.53. The quantitative estimate of drug-likeness (QED) is 0.477. The lowest BCUT2D eigenvalue weighted by molar-refractivity contribution is -0.138. The third-order valence-corrected chi connectivity index (χ3v) is 7.20. The van der Waals surface area contributed by atoms with Gasteiger partial charge in [0.1, 0.15) is 18.1 Å². The second-order valence-electron chi connectivity index (χ2n) is 10.9. The molecular weight excluding hydrogens is 486 g/mol. The first-order chi connectivity index (χ1) is 17.9. The Labute approximate surface area is 225 Å². The minimum Gasteiger partial charge on any atom is -0.378 e. The Kier molecular flexibility index (Phi) is 9.51. The second kappa shape index (κ2) is 12.4. The molecule has 1 aromatic carbocycles. The minimum absolute atomic E-state index is 0.0861. The minimum atomic E-state index is -0.792. The van der Waals surface area contributed by atoms with Crippen LogP contribution in [0.5, 0.6) is 0 Å². The summed E-state index contributed by atoms with van der Waals surface area (Å²) in [6.07, 6.45) is 2.07. The molecule has 2 heterocycles. The van der Waals surface area contributed by atoms with E-state index in [-0.39, 0.29) is 41.9 Å². The van der Waals surface area contributed by atoms with Crippen LogP contribution >= 0.6 is 0 Å². The van der Waals surface area contributed by atoms with Crippen LogP contribution in [0.1, 0.15) is 63.7 Å². The average molecular weight is 528 g/mol. The number of Topliss-reactive ketones (excluding diaryl/α,β-unsaturated/α-hetero) is 1. The standard InChI is InChI=1S/C28H41N5O5/c1-7-8-21(29-18(4)34)27(37)33-16-24(35)25-23(33)13-14-32(25)28(38)22(15-17(2)3)30-26(36)19-9-11-20(12-10-19)31(5)6/h9-12,17,21-23,25H,7-8,13-16H2,1-6H3,(H,29,34)(H,30,36)/t21-,22?,23+,25-/m0/s1. The molecule has 1 aromatic rings. The third kappa shape index (κ3) is 6.52. The van der Waals surface area contributed by atoms with Crippen LogP contribution in [0.25, 0.3) is 0 Å². The predicted molar refractivity (Wildman–Crippen MR) is 145 cm³/mol. The van der Waals surface area contributed by atoms with Crippen LogP contribution in [0.2, 0.25) is 0 Å². The van der Waals surface area contributed by atoms with Gasteiger partial charge in [-0.15, -0.1) is 0 Å². The average Bonchev–Trinajstić information content (AvgIpc) is 3.43. The van der Waals surface area contributed by atoms with Gasteiger partial charge in [-0.3, -0.25) is 24.0 Å². The number of benzene rings is 1. The Morgan fingerprint density at radius 2 is 1.63 bits per heavy atom. The van der Waals surface area contributed by atoms with Crippen LogP contribution in [-0.4, -0.2) is 90.6 Å². The van der Waals surface area contributed by atoms with E-state index in [1.165, 1.54) is 16.7 Å². The Bertz CT molecular complexity index is 1050. The number of fused-ring (bicyclic) bond motifs is 1. The van der Waals surface area contributed by atoms with E-state index in [9.17, 15) is 24.0 Å². The number of rotatable bonds is 10. The maximum Gasteiger partial charge on any atom is 0.251 e. The molecule has 4 atom stereocenters. The number of hydrogen-bond donors (Lipinski definition) is 2. The number of amides is 4. The highest BCUT2D eigenvalue weighted by Gasteiger charge is 2.53. The van der Waals surface area contributed by atoms with Crippen molar-refractivity contribution in [1.29, 1.82) is 0 Å². The molecule has 0 saturated carbocycles. The molecule has 10 nitrogen and oxygen atoms in total. The molecule has 0 aromatic heterocycles. The largest absolute Gasteiger partial charge is 0.378 e. The first-order valence-electron chi connectivity index (χ1n) is 13.4. The monoisotopic (exact) mass is 527 g/mol. The first-order valence-corrected chi connectivity index (χ1v) is 13.4. The Morgan fingerprint density at radius 3 is 2.18 bits per heavy atom. The van der Waals surface area contributed by atoms with Gasteiger partial charge < -0.3 is 25.3 Å². The highest BCUT2D eigenvalue weighted by molar-refractivity contribution is 6.01. The Morgan fingerprint density at radius 1 is 1.00 bits per heavy atom. The summed E-state index contributed by atoms with van der Waals surface area (Å²) in [5.41, 5.74) is 1.41. The van der Waals surface area contributed by atoms with Crippen molar-refractivity contribution in [2.45, 2.75) is 77.5 Å². The van der Waals surface area contributed by atoms with Gasteiger partial charge in [-0.1, -0.05) is 27.2 Å². The van der Waals surface area contributed by atoms with E-state index in [1.54, 1.807) is 12.1 Å². The number of carbonyl (C=O) groups excluding carboxylic acids is 5. The molecule has 2 N–H and O–H groups in total. The van der Waals surface area contributed by atoms with Crippen LogP contribution in [0.4, 0.5) is 5.69 Å². The SMILES string of the molecule is CCC[C@H](NC(C)=O)C(=O)N1CC(=O)[C@@H]2[C@H]1CCN2C(=O)C(CC(C)C)NC(=O)c1ccc(N(C)C)cc1. The van der Waals surface area contributed by atoms with Crippen molar-refractivity contribution in [3.8, 4) is 0 Å². The summed E-state index contributed by atoms with van der Waals surface area (Å²) in [6.45, 7) is 7.48. The van der Waals surface area contributed by atoms with Crippen molar-refractivity contribution in [3.63, 3.8) is 0 Å². The molecule has 208 valence electrons. The molecule has 2 aliphatic rings. The van der Waals surface area contributed by atoms with E-state index < -0.39 is 24.2 Å². The normalized spacial score (nSPS) is 20.2. The van der Waals surface area contributed by atoms with Crippen molar-refractivity contribution in [2.24, 2.45) is 5.92 Å². The molecule has 0 bridgehead atoms. The summed E-state index contributed by atoms with van der Waals surface area (Å²) in [5.74, 6) is -1.31. The van der Waals surface area contributed by atoms with E-state index in [0.717, 1.165) is 5.69 Å². The summed E-state index contributed by atoms with van der Waals surface area (Å²) in [6, 6.07) is 4.47. The molecule has 10 heteroatoms. The van der Waals surface area contributed by atoms with Gasteiger partial charge in [0.2, 0.25) is 17.7 Å². The van der Waals surface area contributed by atoms with Crippen molar-refractivity contribution in [2.75, 3.05) is 32.1 Å². The number of nitrogens with zero attached hydrogens (tertiary/aromatic N) is 3. The molecule has 2 fully saturated rings. The smallest absolute Gasteiger partial charge is 0.251 e. The van der Waals surface area contributed by atoms with E-state index in [1.807, 2.05) is 51.9 Å². The van der Waals surface area contributed by atoms with Gasteiger partial charge in [0, 0.05) is 38.8 Å².